The van der Waals surface area contributed by atoms with Crippen molar-refractivity contribution in [1.29, 1.82) is 0 Å². The summed E-state index contributed by atoms with van der Waals surface area (Å²) in [5.41, 5.74) is 0.604. The fourth-order valence-corrected chi connectivity index (χ4v) is 1.79. The van der Waals surface area contributed by atoms with Gasteiger partial charge in [0.05, 0.1) is 12.6 Å². The zero-order valence-corrected chi connectivity index (χ0v) is 11.1. The SMILES string of the molecule is CCCOCC(NCC)c1ccc(Cl)cc1F. The van der Waals surface area contributed by atoms with Gasteiger partial charge in [-0.1, -0.05) is 31.5 Å². The van der Waals surface area contributed by atoms with Gasteiger partial charge in [0.25, 0.3) is 0 Å². The van der Waals surface area contributed by atoms with E-state index in [-0.39, 0.29) is 11.9 Å². The molecule has 1 rings (SSSR count). The molecule has 1 aromatic carbocycles. The average molecular weight is 260 g/mol. The monoisotopic (exact) mass is 259 g/mol. The molecule has 1 atom stereocenters. The van der Waals surface area contributed by atoms with Gasteiger partial charge in [0, 0.05) is 17.2 Å². The fraction of sp³-hybridized carbons (Fsp3) is 0.538. The van der Waals surface area contributed by atoms with Crippen LogP contribution in [0.1, 0.15) is 31.9 Å². The Balaban J connectivity index is 2.74. The minimum absolute atomic E-state index is 0.121. The Morgan fingerprint density at radius 1 is 1.41 bits per heavy atom. The first-order chi connectivity index (χ1) is 8.19. The smallest absolute Gasteiger partial charge is 0.129 e. The first-order valence-electron chi connectivity index (χ1n) is 5.95. The summed E-state index contributed by atoms with van der Waals surface area (Å²) in [6.45, 7) is 5.96. The van der Waals surface area contributed by atoms with Gasteiger partial charge in [-0.15, -0.1) is 0 Å². The lowest BCUT2D eigenvalue weighted by Gasteiger charge is -2.19. The normalized spacial score (nSPS) is 12.7. The zero-order valence-electron chi connectivity index (χ0n) is 10.3. The molecule has 0 aliphatic rings. The van der Waals surface area contributed by atoms with Crippen LogP contribution in [0.5, 0.6) is 0 Å². The zero-order chi connectivity index (χ0) is 12.7. The second-order valence-electron chi connectivity index (χ2n) is 3.85. The van der Waals surface area contributed by atoms with E-state index < -0.39 is 0 Å². The Morgan fingerprint density at radius 2 is 2.18 bits per heavy atom. The largest absolute Gasteiger partial charge is 0.379 e. The van der Waals surface area contributed by atoms with E-state index >= 15 is 0 Å². The lowest BCUT2D eigenvalue weighted by atomic mass is 10.1. The number of halogens is 2. The van der Waals surface area contributed by atoms with E-state index in [4.69, 9.17) is 16.3 Å². The molecule has 0 aliphatic carbocycles. The van der Waals surface area contributed by atoms with Crippen LogP contribution in [0.15, 0.2) is 18.2 Å². The van der Waals surface area contributed by atoms with Gasteiger partial charge in [0.15, 0.2) is 0 Å². The number of nitrogens with one attached hydrogen (secondary N) is 1. The van der Waals surface area contributed by atoms with Crippen molar-refractivity contribution >= 4 is 11.6 Å². The summed E-state index contributed by atoms with van der Waals surface area (Å²) in [5.74, 6) is -0.288. The Bertz CT molecular complexity index is 346. The highest BCUT2D eigenvalue weighted by atomic mass is 35.5. The molecule has 0 fully saturated rings. The third-order valence-corrected chi connectivity index (χ3v) is 2.66. The first kappa shape index (κ1) is 14.4. The number of likely N-dealkylation sites (N-methyl/N-ethyl adjacent to an activating group) is 1. The van der Waals surface area contributed by atoms with Crippen molar-refractivity contribution in [2.75, 3.05) is 19.8 Å². The van der Waals surface area contributed by atoms with Crippen molar-refractivity contribution in [3.05, 3.63) is 34.6 Å². The summed E-state index contributed by atoms with van der Waals surface area (Å²) < 4.78 is 19.2. The summed E-state index contributed by atoms with van der Waals surface area (Å²) in [7, 11) is 0. The Kier molecular flexibility index (Phi) is 6.48. The minimum Gasteiger partial charge on any atom is -0.379 e. The summed E-state index contributed by atoms with van der Waals surface area (Å²) in [5, 5.41) is 3.62. The van der Waals surface area contributed by atoms with Crippen molar-refractivity contribution in [2.45, 2.75) is 26.3 Å². The molecule has 17 heavy (non-hydrogen) atoms. The van der Waals surface area contributed by atoms with Gasteiger partial charge in [0.2, 0.25) is 0 Å². The van der Waals surface area contributed by atoms with Crippen LogP contribution >= 0.6 is 11.6 Å². The number of rotatable bonds is 7. The third kappa shape index (κ3) is 4.62. The highest BCUT2D eigenvalue weighted by molar-refractivity contribution is 6.30. The summed E-state index contributed by atoms with van der Waals surface area (Å²) in [4.78, 5) is 0. The quantitative estimate of drug-likeness (QED) is 0.756. The second-order valence-corrected chi connectivity index (χ2v) is 4.29. The predicted molar refractivity (Wildman–Crippen MR) is 68.9 cm³/mol. The van der Waals surface area contributed by atoms with Crippen molar-refractivity contribution in [3.8, 4) is 0 Å². The molecule has 1 unspecified atom stereocenters. The molecule has 0 aromatic heterocycles. The van der Waals surface area contributed by atoms with Crippen molar-refractivity contribution in [1.82, 2.24) is 5.32 Å². The predicted octanol–water partition coefficient (Wildman–Crippen LogP) is 3.56. The molecule has 0 saturated carbocycles. The highest BCUT2D eigenvalue weighted by Crippen LogP contribution is 2.21. The third-order valence-electron chi connectivity index (χ3n) is 2.42. The molecule has 0 heterocycles. The standard InChI is InChI=1S/C13H19ClFNO/c1-3-7-17-9-13(16-4-2)11-6-5-10(14)8-12(11)15/h5-6,8,13,16H,3-4,7,9H2,1-2H3. The molecule has 0 aliphatic heterocycles. The molecule has 0 spiro atoms. The van der Waals surface area contributed by atoms with Crippen molar-refractivity contribution in [3.63, 3.8) is 0 Å². The van der Waals surface area contributed by atoms with Crippen LogP contribution in [0, 0.1) is 5.82 Å². The summed E-state index contributed by atoms with van der Waals surface area (Å²) in [6, 6.07) is 4.62. The van der Waals surface area contributed by atoms with E-state index in [0.717, 1.165) is 13.0 Å². The molecule has 2 nitrogen and oxygen atoms in total. The number of ether oxygens (including phenoxy) is 1. The molecule has 0 amide bonds. The van der Waals surface area contributed by atoms with Gasteiger partial charge < -0.3 is 10.1 Å². The molecule has 0 radical (unpaired) electrons. The van der Waals surface area contributed by atoms with E-state index in [2.05, 4.69) is 5.32 Å². The number of benzene rings is 1. The molecule has 1 N–H and O–H groups in total. The lowest BCUT2D eigenvalue weighted by Crippen LogP contribution is -2.26. The van der Waals surface area contributed by atoms with Gasteiger partial charge >= 0.3 is 0 Å². The van der Waals surface area contributed by atoms with Crippen LogP contribution in [0.4, 0.5) is 4.39 Å². The Morgan fingerprint density at radius 3 is 2.76 bits per heavy atom. The Labute approximate surface area is 107 Å². The molecule has 1 aromatic rings. The van der Waals surface area contributed by atoms with Crippen LogP contribution in [0.25, 0.3) is 0 Å². The topological polar surface area (TPSA) is 21.3 Å². The van der Waals surface area contributed by atoms with Gasteiger partial charge in [0.1, 0.15) is 5.82 Å². The van der Waals surface area contributed by atoms with Gasteiger partial charge in [-0.25, -0.2) is 4.39 Å². The van der Waals surface area contributed by atoms with E-state index in [1.165, 1.54) is 6.07 Å². The molecule has 0 bridgehead atoms. The van der Waals surface area contributed by atoms with Gasteiger partial charge in [-0.2, -0.15) is 0 Å². The Hall–Kier alpha value is -0.640. The highest BCUT2D eigenvalue weighted by Gasteiger charge is 2.15. The molecule has 96 valence electrons. The molecular formula is C13H19ClFNO. The lowest BCUT2D eigenvalue weighted by molar-refractivity contribution is 0.111. The maximum Gasteiger partial charge on any atom is 0.129 e. The second kappa shape index (κ2) is 7.64. The number of hydrogen-bond donors (Lipinski definition) is 1. The van der Waals surface area contributed by atoms with Crippen LogP contribution in [0.2, 0.25) is 5.02 Å². The number of hydrogen-bond acceptors (Lipinski definition) is 2. The summed E-state index contributed by atoms with van der Waals surface area (Å²) >= 11 is 5.73. The molecule has 4 heteroatoms. The van der Waals surface area contributed by atoms with E-state index in [9.17, 15) is 4.39 Å². The van der Waals surface area contributed by atoms with Gasteiger partial charge in [-0.3, -0.25) is 0 Å². The fourth-order valence-electron chi connectivity index (χ4n) is 1.63. The van der Waals surface area contributed by atoms with E-state index in [1.54, 1.807) is 12.1 Å². The van der Waals surface area contributed by atoms with Crippen molar-refractivity contribution < 1.29 is 9.13 Å². The maximum atomic E-state index is 13.8. The van der Waals surface area contributed by atoms with Crippen LogP contribution < -0.4 is 5.32 Å². The van der Waals surface area contributed by atoms with E-state index in [0.29, 0.717) is 23.8 Å². The molecular weight excluding hydrogens is 241 g/mol. The van der Waals surface area contributed by atoms with Crippen LogP contribution in [-0.4, -0.2) is 19.8 Å². The minimum atomic E-state index is -0.288. The first-order valence-corrected chi connectivity index (χ1v) is 6.32. The average Bonchev–Trinajstić information content (AvgIpc) is 2.28. The van der Waals surface area contributed by atoms with E-state index in [1.807, 2.05) is 13.8 Å². The maximum absolute atomic E-state index is 13.8. The van der Waals surface area contributed by atoms with Gasteiger partial charge in [-0.05, 0) is 25.1 Å². The van der Waals surface area contributed by atoms with Crippen LogP contribution in [-0.2, 0) is 4.74 Å². The molecule has 0 saturated heterocycles. The van der Waals surface area contributed by atoms with Crippen molar-refractivity contribution in [2.24, 2.45) is 0 Å². The van der Waals surface area contributed by atoms with Crippen LogP contribution in [0.3, 0.4) is 0 Å². The summed E-state index contributed by atoms with van der Waals surface area (Å²) in [6.07, 6.45) is 0.960.